The zero-order valence-corrected chi connectivity index (χ0v) is 10.3. The van der Waals surface area contributed by atoms with Crippen LogP contribution in [0.4, 0.5) is 5.13 Å². The molecule has 3 rings (SSSR count). The van der Waals surface area contributed by atoms with Gasteiger partial charge in [-0.1, -0.05) is 0 Å². The number of thiazole rings is 1. The second-order valence-electron chi connectivity index (χ2n) is 4.14. The molecule has 0 aromatic carbocycles. The van der Waals surface area contributed by atoms with E-state index in [-0.39, 0.29) is 11.5 Å². The Kier molecular flexibility index (Phi) is 2.71. The molecule has 0 fully saturated rings. The van der Waals surface area contributed by atoms with Crippen LogP contribution in [-0.2, 0) is 12.8 Å². The van der Waals surface area contributed by atoms with E-state index in [1.54, 1.807) is 0 Å². The van der Waals surface area contributed by atoms with Gasteiger partial charge in [-0.05, 0) is 25.3 Å². The molecule has 1 aliphatic carbocycles. The molecular formula is C12H11N3O2S. The molecule has 0 aliphatic heterocycles. The first-order valence-corrected chi connectivity index (χ1v) is 6.53. The van der Waals surface area contributed by atoms with Crippen molar-refractivity contribution in [3.05, 3.63) is 44.8 Å². The molecule has 0 atom stereocenters. The molecule has 5 nitrogen and oxygen atoms in total. The van der Waals surface area contributed by atoms with Crippen molar-refractivity contribution in [2.45, 2.75) is 19.3 Å². The van der Waals surface area contributed by atoms with Crippen LogP contribution in [0.5, 0.6) is 0 Å². The number of aromatic amines is 1. The van der Waals surface area contributed by atoms with Gasteiger partial charge in [0.1, 0.15) is 0 Å². The lowest BCUT2D eigenvalue weighted by atomic mass is 10.3. The van der Waals surface area contributed by atoms with E-state index in [0.29, 0.717) is 10.7 Å². The maximum absolute atomic E-state index is 11.9. The molecule has 0 saturated carbocycles. The van der Waals surface area contributed by atoms with Crippen molar-refractivity contribution >= 4 is 22.4 Å². The van der Waals surface area contributed by atoms with E-state index in [9.17, 15) is 9.59 Å². The molecule has 1 aliphatic rings. The number of hydrogen-bond acceptors (Lipinski definition) is 4. The number of fused-ring (bicyclic) bond motifs is 1. The summed E-state index contributed by atoms with van der Waals surface area (Å²) in [6, 6.07) is 2.83. The number of H-pyrrole nitrogens is 1. The number of amides is 1. The van der Waals surface area contributed by atoms with Crippen LogP contribution in [0.1, 0.15) is 27.3 Å². The minimum Gasteiger partial charge on any atom is -0.328 e. The number of anilines is 1. The fourth-order valence-electron chi connectivity index (χ4n) is 1.96. The number of carbonyl (C=O) groups is 1. The molecule has 2 aromatic rings. The number of aromatic nitrogens is 2. The van der Waals surface area contributed by atoms with Crippen molar-refractivity contribution in [2.75, 3.05) is 5.32 Å². The summed E-state index contributed by atoms with van der Waals surface area (Å²) in [5.41, 5.74) is 1.31. The largest absolute Gasteiger partial charge is 0.328 e. The fourth-order valence-corrected chi connectivity index (χ4v) is 3.01. The SMILES string of the molecule is O=C(Nc1nc2c(s1)CCC2)c1ccc(=O)[nH]c1. The molecule has 0 unspecified atom stereocenters. The monoisotopic (exact) mass is 261 g/mol. The van der Waals surface area contributed by atoms with Crippen LogP contribution in [-0.4, -0.2) is 15.9 Å². The average molecular weight is 261 g/mol. The summed E-state index contributed by atoms with van der Waals surface area (Å²) in [5.74, 6) is -0.251. The molecule has 2 aromatic heterocycles. The van der Waals surface area contributed by atoms with Gasteiger partial charge in [0.15, 0.2) is 5.13 Å². The van der Waals surface area contributed by atoms with Gasteiger partial charge in [0, 0.05) is 17.1 Å². The third kappa shape index (κ3) is 2.06. The Bertz CT molecular complexity index is 618. The maximum Gasteiger partial charge on any atom is 0.258 e. The number of nitrogens with one attached hydrogen (secondary N) is 2. The summed E-state index contributed by atoms with van der Waals surface area (Å²) in [6.45, 7) is 0. The smallest absolute Gasteiger partial charge is 0.258 e. The molecule has 0 bridgehead atoms. The molecule has 0 spiro atoms. The summed E-state index contributed by atoms with van der Waals surface area (Å²) >= 11 is 1.53. The maximum atomic E-state index is 11.9. The Labute approximate surface area is 107 Å². The van der Waals surface area contributed by atoms with E-state index in [0.717, 1.165) is 25.0 Å². The summed E-state index contributed by atoms with van der Waals surface area (Å²) in [5, 5.41) is 3.39. The van der Waals surface area contributed by atoms with Crippen molar-refractivity contribution < 1.29 is 4.79 Å². The van der Waals surface area contributed by atoms with Gasteiger partial charge >= 0.3 is 0 Å². The Balaban J connectivity index is 1.77. The van der Waals surface area contributed by atoms with Crippen LogP contribution in [0, 0.1) is 0 Å². The molecule has 2 heterocycles. The molecule has 0 saturated heterocycles. The van der Waals surface area contributed by atoms with Crippen LogP contribution < -0.4 is 10.9 Å². The van der Waals surface area contributed by atoms with Crippen LogP contribution in [0.3, 0.4) is 0 Å². The number of pyridine rings is 1. The normalized spacial score (nSPS) is 13.3. The molecule has 2 N–H and O–H groups in total. The predicted molar refractivity (Wildman–Crippen MR) is 69.2 cm³/mol. The summed E-state index contributed by atoms with van der Waals surface area (Å²) in [7, 11) is 0. The Morgan fingerprint density at radius 3 is 3.00 bits per heavy atom. The van der Waals surface area contributed by atoms with Gasteiger partial charge in [0.2, 0.25) is 5.56 Å². The van der Waals surface area contributed by atoms with Crippen molar-refractivity contribution in [3.63, 3.8) is 0 Å². The van der Waals surface area contributed by atoms with Gasteiger partial charge in [-0.3, -0.25) is 14.9 Å². The van der Waals surface area contributed by atoms with Crippen LogP contribution in [0.15, 0.2) is 23.1 Å². The zero-order chi connectivity index (χ0) is 12.5. The number of rotatable bonds is 2. The molecule has 18 heavy (non-hydrogen) atoms. The lowest BCUT2D eigenvalue weighted by molar-refractivity contribution is 0.102. The van der Waals surface area contributed by atoms with E-state index >= 15 is 0 Å². The van der Waals surface area contributed by atoms with Gasteiger partial charge in [0.05, 0.1) is 11.3 Å². The first-order chi connectivity index (χ1) is 8.72. The van der Waals surface area contributed by atoms with Crippen molar-refractivity contribution in [1.82, 2.24) is 9.97 Å². The van der Waals surface area contributed by atoms with Crippen molar-refractivity contribution in [3.8, 4) is 0 Å². The van der Waals surface area contributed by atoms with Crippen molar-refractivity contribution in [2.24, 2.45) is 0 Å². The van der Waals surface area contributed by atoms with Gasteiger partial charge in [0.25, 0.3) is 5.91 Å². The fraction of sp³-hybridized carbons (Fsp3) is 0.250. The van der Waals surface area contributed by atoms with E-state index in [2.05, 4.69) is 15.3 Å². The van der Waals surface area contributed by atoms with E-state index < -0.39 is 0 Å². The van der Waals surface area contributed by atoms with Gasteiger partial charge in [-0.2, -0.15) is 0 Å². The molecular weight excluding hydrogens is 250 g/mol. The number of aryl methyl sites for hydroxylation is 2. The average Bonchev–Trinajstić information content (AvgIpc) is 2.90. The molecule has 0 radical (unpaired) electrons. The highest BCUT2D eigenvalue weighted by Crippen LogP contribution is 2.30. The Morgan fingerprint density at radius 2 is 2.28 bits per heavy atom. The summed E-state index contributed by atoms with van der Waals surface area (Å²) in [4.78, 5) is 30.9. The lowest BCUT2D eigenvalue weighted by Crippen LogP contribution is -2.14. The minimum absolute atomic E-state index is 0.222. The third-order valence-electron chi connectivity index (χ3n) is 2.86. The first kappa shape index (κ1) is 11.2. The molecule has 6 heteroatoms. The number of hydrogen-bond donors (Lipinski definition) is 2. The highest BCUT2D eigenvalue weighted by atomic mass is 32.1. The lowest BCUT2D eigenvalue weighted by Gasteiger charge is -2.00. The second kappa shape index (κ2) is 4.38. The van der Waals surface area contributed by atoms with Gasteiger partial charge in [-0.25, -0.2) is 4.98 Å². The standard InChI is InChI=1S/C12H11N3O2S/c16-10-5-4-7(6-13-10)11(17)15-12-14-8-2-1-3-9(8)18-12/h4-6H,1-3H2,(H,13,16)(H,14,15,17). The van der Waals surface area contributed by atoms with Gasteiger partial charge in [-0.15, -0.1) is 11.3 Å². The van der Waals surface area contributed by atoms with Gasteiger partial charge < -0.3 is 4.98 Å². The first-order valence-electron chi connectivity index (χ1n) is 5.71. The molecule has 92 valence electrons. The number of carbonyl (C=O) groups excluding carboxylic acids is 1. The summed E-state index contributed by atoms with van der Waals surface area (Å²) < 4.78 is 0. The van der Waals surface area contributed by atoms with Crippen molar-refractivity contribution in [1.29, 1.82) is 0 Å². The highest BCUT2D eigenvalue weighted by molar-refractivity contribution is 7.15. The highest BCUT2D eigenvalue weighted by Gasteiger charge is 2.18. The van der Waals surface area contributed by atoms with Crippen LogP contribution in [0.25, 0.3) is 0 Å². The third-order valence-corrected chi connectivity index (χ3v) is 3.94. The summed E-state index contributed by atoms with van der Waals surface area (Å²) in [6.07, 6.45) is 4.61. The van der Waals surface area contributed by atoms with Crippen LogP contribution >= 0.6 is 11.3 Å². The predicted octanol–water partition coefficient (Wildman–Crippen LogP) is 1.57. The van der Waals surface area contributed by atoms with Crippen LogP contribution in [0.2, 0.25) is 0 Å². The Morgan fingerprint density at radius 1 is 1.39 bits per heavy atom. The minimum atomic E-state index is -0.251. The number of nitrogens with zero attached hydrogens (tertiary/aromatic N) is 1. The quantitative estimate of drug-likeness (QED) is 0.861. The second-order valence-corrected chi connectivity index (χ2v) is 5.22. The van der Waals surface area contributed by atoms with E-state index in [1.807, 2.05) is 0 Å². The molecule has 1 amide bonds. The van der Waals surface area contributed by atoms with E-state index in [1.165, 1.54) is 34.5 Å². The zero-order valence-electron chi connectivity index (χ0n) is 9.53. The van der Waals surface area contributed by atoms with E-state index in [4.69, 9.17) is 0 Å². The topological polar surface area (TPSA) is 74.8 Å². The Hall–Kier alpha value is -1.95.